The monoisotopic (exact) mass is 440 g/mol. The van der Waals surface area contributed by atoms with E-state index in [1.807, 2.05) is 0 Å². The molecule has 1 heterocycles. The first-order chi connectivity index (χ1) is 16.2. The van der Waals surface area contributed by atoms with Gasteiger partial charge in [0.1, 0.15) is 0 Å². The lowest BCUT2D eigenvalue weighted by Gasteiger charge is -2.25. The molecule has 0 saturated heterocycles. The van der Waals surface area contributed by atoms with Crippen LogP contribution in [0.25, 0.3) is 0 Å². The van der Waals surface area contributed by atoms with Crippen LogP contribution in [0.3, 0.4) is 0 Å². The van der Waals surface area contributed by atoms with Gasteiger partial charge in [-0.05, 0) is 75.2 Å². The van der Waals surface area contributed by atoms with Gasteiger partial charge < -0.3 is 9.80 Å². The molecule has 1 aliphatic heterocycles. The van der Waals surface area contributed by atoms with E-state index in [1.54, 1.807) is 0 Å². The molecular weight excluding hydrogens is 404 g/mol. The smallest absolute Gasteiger partial charge is 0.0831 e. The minimum Gasteiger partial charge on any atom is -0.372 e. The summed E-state index contributed by atoms with van der Waals surface area (Å²) >= 11 is 0. The standard InChI is InChI=1S/C29H36N4/c1-5-31(6-2)25-18-14-23(15-19-25)28-22-29(33(30-28)27-12-10-9-11-13-27)24-16-20-26(21-17-24)32(7-3)8-4/h9-21,29H,5-8,22H2,1-4H3. The van der Waals surface area contributed by atoms with Crippen molar-refractivity contribution in [3.8, 4) is 0 Å². The third-order valence-electron chi connectivity index (χ3n) is 6.67. The number of nitrogens with zero attached hydrogens (tertiary/aromatic N) is 4. The van der Waals surface area contributed by atoms with Crippen LogP contribution in [0.15, 0.2) is 84.0 Å². The highest BCUT2D eigenvalue weighted by Crippen LogP contribution is 2.37. The topological polar surface area (TPSA) is 22.1 Å². The highest BCUT2D eigenvalue weighted by Gasteiger charge is 2.30. The molecule has 4 heteroatoms. The van der Waals surface area contributed by atoms with E-state index >= 15 is 0 Å². The van der Waals surface area contributed by atoms with Crippen LogP contribution in [0, 0.1) is 0 Å². The Morgan fingerprint density at radius 1 is 0.697 bits per heavy atom. The van der Waals surface area contributed by atoms with Crippen LogP contribution >= 0.6 is 0 Å². The van der Waals surface area contributed by atoms with Crippen LogP contribution < -0.4 is 14.8 Å². The van der Waals surface area contributed by atoms with Gasteiger partial charge in [0.15, 0.2) is 0 Å². The fourth-order valence-corrected chi connectivity index (χ4v) is 4.71. The van der Waals surface area contributed by atoms with Crippen molar-refractivity contribution in [2.24, 2.45) is 5.10 Å². The molecule has 1 atom stereocenters. The summed E-state index contributed by atoms with van der Waals surface area (Å²) < 4.78 is 0. The molecule has 33 heavy (non-hydrogen) atoms. The molecule has 3 aromatic carbocycles. The molecule has 4 nitrogen and oxygen atoms in total. The number of hydrogen-bond donors (Lipinski definition) is 0. The zero-order chi connectivity index (χ0) is 23.2. The van der Waals surface area contributed by atoms with Crippen LogP contribution in [0.2, 0.25) is 0 Å². The van der Waals surface area contributed by atoms with Crippen molar-refractivity contribution >= 4 is 22.8 Å². The van der Waals surface area contributed by atoms with E-state index in [4.69, 9.17) is 5.10 Å². The molecule has 0 spiro atoms. The molecule has 1 aliphatic rings. The Balaban J connectivity index is 1.63. The predicted octanol–water partition coefficient (Wildman–Crippen LogP) is 6.73. The zero-order valence-electron chi connectivity index (χ0n) is 20.4. The van der Waals surface area contributed by atoms with Gasteiger partial charge in [-0.1, -0.05) is 42.5 Å². The van der Waals surface area contributed by atoms with Crippen LogP contribution in [0.1, 0.15) is 51.3 Å². The molecule has 172 valence electrons. The van der Waals surface area contributed by atoms with Gasteiger partial charge in [-0.25, -0.2) is 0 Å². The van der Waals surface area contributed by atoms with Crippen molar-refractivity contribution in [1.29, 1.82) is 0 Å². The Hall–Kier alpha value is -3.27. The highest BCUT2D eigenvalue weighted by molar-refractivity contribution is 6.03. The van der Waals surface area contributed by atoms with E-state index in [0.29, 0.717) is 0 Å². The Morgan fingerprint density at radius 3 is 1.73 bits per heavy atom. The molecule has 0 radical (unpaired) electrons. The molecule has 0 aliphatic carbocycles. The quantitative estimate of drug-likeness (QED) is 0.368. The second-order valence-electron chi connectivity index (χ2n) is 8.43. The molecule has 0 fully saturated rings. The van der Waals surface area contributed by atoms with E-state index in [1.165, 1.54) is 22.5 Å². The fourth-order valence-electron chi connectivity index (χ4n) is 4.71. The molecule has 1 unspecified atom stereocenters. The fraction of sp³-hybridized carbons (Fsp3) is 0.345. The minimum atomic E-state index is 0.190. The van der Waals surface area contributed by atoms with Crippen molar-refractivity contribution in [3.63, 3.8) is 0 Å². The second kappa shape index (κ2) is 10.6. The SMILES string of the molecule is CCN(CC)c1ccc(C2=NN(c3ccccc3)C(c3ccc(N(CC)CC)cc3)C2)cc1. The molecule has 4 rings (SSSR count). The largest absolute Gasteiger partial charge is 0.372 e. The number of anilines is 3. The first-order valence-corrected chi connectivity index (χ1v) is 12.3. The summed E-state index contributed by atoms with van der Waals surface area (Å²) in [6.07, 6.45) is 0.893. The average molecular weight is 441 g/mol. The van der Waals surface area contributed by atoms with E-state index in [0.717, 1.165) is 44.0 Å². The van der Waals surface area contributed by atoms with Crippen molar-refractivity contribution in [3.05, 3.63) is 90.0 Å². The van der Waals surface area contributed by atoms with Crippen molar-refractivity contribution in [1.82, 2.24) is 0 Å². The predicted molar refractivity (Wildman–Crippen MR) is 143 cm³/mol. The molecule has 3 aromatic rings. The molecule has 0 saturated carbocycles. The van der Waals surface area contributed by atoms with E-state index in [9.17, 15) is 0 Å². The lowest BCUT2D eigenvalue weighted by atomic mass is 9.97. The van der Waals surface area contributed by atoms with Gasteiger partial charge in [0, 0.05) is 44.0 Å². The Labute approximate surface area is 199 Å². The van der Waals surface area contributed by atoms with Crippen LogP contribution in [0.5, 0.6) is 0 Å². The molecular formula is C29H36N4. The lowest BCUT2D eigenvalue weighted by Crippen LogP contribution is -2.22. The Morgan fingerprint density at radius 2 is 1.21 bits per heavy atom. The number of hydrazone groups is 1. The number of para-hydroxylation sites is 1. The Kier molecular flexibility index (Phi) is 7.33. The summed E-state index contributed by atoms with van der Waals surface area (Å²) in [7, 11) is 0. The maximum Gasteiger partial charge on any atom is 0.0831 e. The van der Waals surface area contributed by atoms with Crippen molar-refractivity contribution in [2.45, 2.75) is 40.2 Å². The summed E-state index contributed by atoms with van der Waals surface area (Å²) in [6, 6.07) is 28.7. The first kappa shape index (κ1) is 22.9. The third-order valence-corrected chi connectivity index (χ3v) is 6.67. The van der Waals surface area contributed by atoms with Gasteiger partial charge in [0.05, 0.1) is 17.4 Å². The highest BCUT2D eigenvalue weighted by atomic mass is 15.5. The van der Waals surface area contributed by atoms with Gasteiger partial charge in [-0.15, -0.1) is 0 Å². The second-order valence-corrected chi connectivity index (χ2v) is 8.43. The maximum atomic E-state index is 5.12. The summed E-state index contributed by atoms with van der Waals surface area (Å²) in [4.78, 5) is 4.75. The number of rotatable bonds is 9. The zero-order valence-corrected chi connectivity index (χ0v) is 20.4. The minimum absolute atomic E-state index is 0.190. The maximum absolute atomic E-state index is 5.12. The average Bonchev–Trinajstić information content (AvgIpc) is 3.32. The van der Waals surface area contributed by atoms with Crippen molar-refractivity contribution < 1.29 is 0 Å². The molecule has 0 N–H and O–H groups in total. The van der Waals surface area contributed by atoms with Crippen LogP contribution in [-0.2, 0) is 0 Å². The third kappa shape index (κ3) is 4.90. The van der Waals surface area contributed by atoms with Crippen LogP contribution in [0.4, 0.5) is 17.1 Å². The van der Waals surface area contributed by atoms with Gasteiger partial charge in [0.2, 0.25) is 0 Å². The Bertz CT molecular complexity index is 1030. The van der Waals surface area contributed by atoms with E-state index < -0.39 is 0 Å². The van der Waals surface area contributed by atoms with Crippen molar-refractivity contribution in [2.75, 3.05) is 41.0 Å². The first-order valence-electron chi connectivity index (χ1n) is 12.3. The number of benzene rings is 3. The van der Waals surface area contributed by atoms with Gasteiger partial charge in [-0.2, -0.15) is 5.10 Å². The molecule has 0 aromatic heterocycles. The normalized spacial score (nSPS) is 15.5. The van der Waals surface area contributed by atoms with E-state index in [2.05, 4.69) is 121 Å². The van der Waals surface area contributed by atoms with Gasteiger partial charge in [-0.3, -0.25) is 5.01 Å². The summed E-state index contributed by atoms with van der Waals surface area (Å²) in [5.74, 6) is 0. The molecule has 0 amide bonds. The summed E-state index contributed by atoms with van der Waals surface area (Å²) in [6.45, 7) is 12.9. The lowest BCUT2D eigenvalue weighted by molar-refractivity contribution is 0.708. The van der Waals surface area contributed by atoms with Gasteiger partial charge in [0.25, 0.3) is 0 Å². The van der Waals surface area contributed by atoms with E-state index in [-0.39, 0.29) is 6.04 Å². The number of hydrogen-bond acceptors (Lipinski definition) is 4. The summed E-state index contributed by atoms with van der Waals surface area (Å²) in [5.41, 5.74) is 7.32. The van der Waals surface area contributed by atoms with Crippen LogP contribution in [-0.4, -0.2) is 31.9 Å². The summed E-state index contributed by atoms with van der Waals surface area (Å²) in [5, 5.41) is 7.31. The van der Waals surface area contributed by atoms with Gasteiger partial charge >= 0.3 is 0 Å². The molecule has 0 bridgehead atoms.